The first kappa shape index (κ1) is 16.0. The second kappa shape index (κ2) is 6.58. The van der Waals surface area contributed by atoms with Gasteiger partial charge in [-0.15, -0.1) is 0 Å². The Morgan fingerprint density at radius 3 is 2.60 bits per heavy atom. The average molecular weight is 405 g/mol. The zero-order chi connectivity index (χ0) is 14.8. The van der Waals surface area contributed by atoms with Gasteiger partial charge in [-0.05, 0) is 48.4 Å². The predicted octanol–water partition coefficient (Wildman–Crippen LogP) is 4.64. The second-order valence-corrected chi connectivity index (χ2v) is 7.52. The maximum absolute atomic E-state index is 11.1. The van der Waals surface area contributed by atoms with Crippen molar-refractivity contribution in [2.45, 2.75) is 44.6 Å². The van der Waals surface area contributed by atoms with Gasteiger partial charge in [-0.25, -0.2) is 0 Å². The number of aliphatic carboxylic acids is 1. The van der Waals surface area contributed by atoms with E-state index in [1.165, 1.54) is 0 Å². The highest BCUT2D eigenvalue weighted by Crippen LogP contribution is 2.47. The van der Waals surface area contributed by atoms with Crippen LogP contribution in [-0.2, 0) is 4.79 Å². The van der Waals surface area contributed by atoms with E-state index in [0.717, 1.165) is 46.6 Å². The summed E-state index contributed by atoms with van der Waals surface area (Å²) in [4.78, 5) is 11.1. The minimum atomic E-state index is -0.715. The Morgan fingerprint density at radius 1 is 1.35 bits per heavy atom. The molecule has 3 N–H and O–H groups in total. The molecule has 1 aromatic rings. The van der Waals surface area contributed by atoms with E-state index in [1.807, 2.05) is 18.2 Å². The summed E-state index contributed by atoms with van der Waals surface area (Å²) in [5, 5.41) is 9.16. The van der Waals surface area contributed by atoms with Crippen molar-refractivity contribution in [2.24, 2.45) is 11.1 Å². The fourth-order valence-corrected chi connectivity index (χ4v) is 4.19. The van der Waals surface area contributed by atoms with Crippen molar-refractivity contribution in [1.82, 2.24) is 0 Å². The van der Waals surface area contributed by atoms with Crippen molar-refractivity contribution >= 4 is 37.8 Å². The molecule has 0 radical (unpaired) electrons. The minimum Gasteiger partial charge on any atom is -0.481 e. The summed E-state index contributed by atoms with van der Waals surface area (Å²) in [6.45, 7) is 0. The smallest absolute Gasteiger partial charge is 0.303 e. The van der Waals surface area contributed by atoms with E-state index in [2.05, 4.69) is 31.9 Å². The van der Waals surface area contributed by atoms with Crippen molar-refractivity contribution in [3.8, 4) is 0 Å². The first-order valence-electron chi connectivity index (χ1n) is 6.84. The number of carboxylic acid groups (broad SMARTS) is 1. The molecule has 20 heavy (non-hydrogen) atoms. The summed E-state index contributed by atoms with van der Waals surface area (Å²) in [7, 11) is 0. The lowest BCUT2D eigenvalue weighted by Crippen LogP contribution is -2.27. The van der Waals surface area contributed by atoms with Crippen molar-refractivity contribution in [3.05, 3.63) is 32.7 Å². The molecule has 110 valence electrons. The monoisotopic (exact) mass is 403 g/mol. The number of nitrogens with two attached hydrogens (primary N) is 1. The minimum absolute atomic E-state index is 0.132. The molecule has 2 rings (SSSR count). The maximum Gasteiger partial charge on any atom is 0.303 e. The van der Waals surface area contributed by atoms with Crippen LogP contribution in [0.15, 0.2) is 27.1 Å². The lowest BCUT2D eigenvalue weighted by atomic mass is 9.76. The number of halogens is 2. The van der Waals surface area contributed by atoms with Gasteiger partial charge >= 0.3 is 5.97 Å². The van der Waals surface area contributed by atoms with Crippen molar-refractivity contribution in [1.29, 1.82) is 0 Å². The summed E-state index contributed by atoms with van der Waals surface area (Å²) in [5.41, 5.74) is 7.27. The topological polar surface area (TPSA) is 63.3 Å². The van der Waals surface area contributed by atoms with Crippen LogP contribution < -0.4 is 5.73 Å². The van der Waals surface area contributed by atoms with E-state index >= 15 is 0 Å². The molecular weight excluding hydrogens is 386 g/mol. The van der Waals surface area contributed by atoms with Crippen molar-refractivity contribution < 1.29 is 9.90 Å². The van der Waals surface area contributed by atoms with Gasteiger partial charge in [0.15, 0.2) is 0 Å². The van der Waals surface area contributed by atoms with Crippen LogP contribution >= 0.6 is 31.9 Å². The van der Waals surface area contributed by atoms with Gasteiger partial charge in [0.05, 0.1) is 6.42 Å². The maximum atomic E-state index is 11.1. The first-order chi connectivity index (χ1) is 9.42. The highest BCUT2D eigenvalue weighted by atomic mass is 79.9. The van der Waals surface area contributed by atoms with Gasteiger partial charge in [-0.3, -0.25) is 4.79 Å². The Bertz CT molecular complexity index is 499. The van der Waals surface area contributed by atoms with Gasteiger partial charge < -0.3 is 10.8 Å². The molecule has 0 saturated heterocycles. The molecular formula is C15H19Br2NO2. The van der Waals surface area contributed by atoms with Crippen LogP contribution in [0.2, 0.25) is 0 Å². The van der Waals surface area contributed by atoms with Gasteiger partial charge in [0.1, 0.15) is 0 Å². The Hall–Kier alpha value is -0.390. The normalized spacial score (nSPS) is 18.9. The van der Waals surface area contributed by atoms with E-state index in [0.29, 0.717) is 0 Å². The van der Waals surface area contributed by atoms with Gasteiger partial charge in [-0.1, -0.05) is 44.7 Å². The van der Waals surface area contributed by atoms with Crippen LogP contribution in [-0.4, -0.2) is 11.1 Å². The van der Waals surface area contributed by atoms with Crippen molar-refractivity contribution in [2.75, 3.05) is 0 Å². The molecule has 1 fully saturated rings. The lowest BCUT2D eigenvalue weighted by Gasteiger charge is -2.30. The second-order valence-electron chi connectivity index (χ2n) is 5.75. The van der Waals surface area contributed by atoms with E-state index in [4.69, 9.17) is 10.8 Å². The molecule has 0 aliphatic heterocycles. The number of carboxylic acids is 1. The molecule has 0 spiro atoms. The zero-order valence-corrected chi connectivity index (χ0v) is 14.4. The first-order valence-corrected chi connectivity index (χ1v) is 8.43. The summed E-state index contributed by atoms with van der Waals surface area (Å²) < 4.78 is 1.97. The molecule has 1 aliphatic carbocycles. The Balaban J connectivity index is 2.18. The third-order valence-corrected chi connectivity index (χ3v) is 5.42. The quantitative estimate of drug-likeness (QED) is 0.751. The van der Waals surface area contributed by atoms with Crippen LogP contribution in [0.5, 0.6) is 0 Å². The predicted molar refractivity (Wildman–Crippen MR) is 86.5 cm³/mol. The summed E-state index contributed by atoms with van der Waals surface area (Å²) in [6, 6.07) is 5.80. The van der Waals surface area contributed by atoms with Crippen LogP contribution in [0.3, 0.4) is 0 Å². The van der Waals surface area contributed by atoms with E-state index in [-0.39, 0.29) is 17.9 Å². The average Bonchev–Trinajstić information content (AvgIpc) is 2.79. The SMILES string of the molecule is NC(CC1(CC(=O)O)CCCC1)c1cc(Br)ccc1Br. The Morgan fingerprint density at radius 2 is 2.00 bits per heavy atom. The third kappa shape index (κ3) is 3.83. The fourth-order valence-electron chi connectivity index (χ4n) is 3.27. The van der Waals surface area contributed by atoms with Crippen LogP contribution in [0.25, 0.3) is 0 Å². The Kier molecular flexibility index (Phi) is 5.26. The van der Waals surface area contributed by atoms with Crippen LogP contribution in [0.1, 0.15) is 50.1 Å². The standard InChI is InChI=1S/C15H19Br2NO2/c16-10-3-4-12(17)11(7-10)13(18)8-15(9-14(19)20)5-1-2-6-15/h3-4,7,13H,1-2,5-6,8-9,18H2,(H,19,20). The molecule has 1 atom stereocenters. The van der Waals surface area contributed by atoms with E-state index in [1.54, 1.807) is 0 Å². The van der Waals surface area contributed by atoms with Gasteiger partial charge in [0.2, 0.25) is 0 Å². The molecule has 0 amide bonds. The summed E-state index contributed by atoms with van der Waals surface area (Å²) >= 11 is 6.99. The molecule has 0 aromatic heterocycles. The number of hydrogen-bond acceptors (Lipinski definition) is 2. The number of benzene rings is 1. The molecule has 1 unspecified atom stereocenters. The Labute approximate surface area is 136 Å². The molecule has 3 nitrogen and oxygen atoms in total. The van der Waals surface area contributed by atoms with Crippen molar-refractivity contribution in [3.63, 3.8) is 0 Å². The summed E-state index contributed by atoms with van der Waals surface area (Å²) in [5.74, 6) is -0.715. The highest BCUT2D eigenvalue weighted by Gasteiger charge is 2.37. The number of rotatable bonds is 5. The third-order valence-electron chi connectivity index (χ3n) is 4.20. The van der Waals surface area contributed by atoms with Gasteiger partial charge in [-0.2, -0.15) is 0 Å². The largest absolute Gasteiger partial charge is 0.481 e. The molecule has 0 heterocycles. The molecule has 5 heteroatoms. The van der Waals surface area contributed by atoms with Crippen LogP contribution in [0.4, 0.5) is 0 Å². The summed E-state index contributed by atoms with van der Waals surface area (Å²) in [6.07, 6.45) is 5.12. The van der Waals surface area contributed by atoms with E-state index in [9.17, 15) is 4.79 Å². The van der Waals surface area contributed by atoms with Gasteiger partial charge in [0, 0.05) is 15.0 Å². The van der Waals surface area contributed by atoms with Gasteiger partial charge in [0.25, 0.3) is 0 Å². The van der Waals surface area contributed by atoms with E-state index < -0.39 is 5.97 Å². The highest BCUT2D eigenvalue weighted by molar-refractivity contribution is 9.11. The molecule has 0 bridgehead atoms. The zero-order valence-electron chi connectivity index (χ0n) is 11.2. The number of carbonyl (C=O) groups is 1. The molecule has 1 saturated carbocycles. The lowest BCUT2D eigenvalue weighted by molar-refractivity contribution is -0.139. The fraction of sp³-hybridized carbons (Fsp3) is 0.533. The molecule has 1 aromatic carbocycles. The number of hydrogen-bond donors (Lipinski definition) is 2. The van der Waals surface area contributed by atoms with Crippen LogP contribution in [0, 0.1) is 5.41 Å². The molecule has 1 aliphatic rings.